The molecule has 2 aromatic heterocycles. The molecule has 0 atom stereocenters. The largest absolute Gasteiger partial charge is 0.416 e. The van der Waals surface area contributed by atoms with Gasteiger partial charge >= 0.3 is 0 Å². The van der Waals surface area contributed by atoms with E-state index >= 15 is 0 Å². The Labute approximate surface area is 428 Å². The van der Waals surface area contributed by atoms with Crippen LogP contribution in [0.3, 0.4) is 0 Å². The Morgan fingerprint density at radius 2 is 0.521 bits per heavy atom. The Bertz CT molecular complexity index is 3310. The highest BCUT2D eigenvalue weighted by atomic mass is 16.4. The van der Waals surface area contributed by atoms with Crippen LogP contribution in [0.15, 0.2) is 209 Å². The second kappa shape index (κ2) is 20.8. The highest BCUT2D eigenvalue weighted by Gasteiger charge is 2.18. The molecule has 10 aromatic rings. The molecule has 7 nitrogen and oxygen atoms in total. The van der Waals surface area contributed by atoms with Crippen LogP contribution in [0.2, 0.25) is 0 Å². The molecular formula is C66H57N5O2. The molecule has 358 valence electrons. The summed E-state index contributed by atoms with van der Waals surface area (Å²) in [6, 6.07) is 69.4. The minimum atomic E-state index is 0.0755. The third-order valence-corrected chi connectivity index (χ3v) is 12.8. The molecule has 0 aliphatic rings. The first-order valence-corrected chi connectivity index (χ1v) is 24.7. The number of nitrogens with zero attached hydrogens (tertiary/aromatic N) is 5. The van der Waals surface area contributed by atoms with Gasteiger partial charge in [0.25, 0.3) is 0 Å². The van der Waals surface area contributed by atoms with E-state index in [0.717, 1.165) is 72.7 Å². The molecule has 73 heavy (non-hydrogen) atoms. The van der Waals surface area contributed by atoms with Crippen molar-refractivity contribution in [2.45, 2.75) is 52.4 Å². The summed E-state index contributed by atoms with van der Waals surface area (Å²) in [5.41, 5.74) is 16.0. The van der Waals surface area contributed by atoms with Gasteiger partial charge in [-0.2, -0.15) is 0 Å². The Kier molecular flexibility index (Phi) is 13.6. The van der Waals surface area contributed by atoms with Gasteiger partial charge in [0.05, 0.1) is 0 Å². The topological polar surface area (TPSA) is 81.1 Å². The first kappa shape index (κ1) is 47.7. The first-order valence-electron chi connectivity index (χ1n) is 24.7. The molecular weight excluding hydrogens is 895 g/mol. The summed E-state index contributed by atoms with van der Waals surface area (Å²) in [6.45, 7) is 13.2. The highest BCUT2D eigenvalue weighted by molar-refractivity contribution is 5.81. The Morgan fingerprint density at radius 3 is 0.781 bits per heavy atom. The number of anilines is 3. The van der Waals surface area contributed by atoms with Gasteiger partial charge in [0, 0.05) is 39.3 Å². The van der Waals surface area contributed by atoms with E-state index < -0.39 is 0 Å². The van der Waals surface area contributed by atoms with Gasteiger partial charge in [0.15, 0.2) is 0 Å². The zero-order chi connectivity index (χ0) is 50.4. The van der Waals surface area contributed by atoms with E-state index in [1.165, 1.54) is 11.1 Å². The van der Waals surface area contributed by atoms with E-state index in [0.29, 0.717) is 23.6 Å². The Hall–Kier alpha value is -8.94. The van der Waals surface area contributed by atoms with Crippen molar-refractivity contribution < 1.29 is 8.83 Å². The van der Waals surface area contributed by atoms with E-state index in [2.05, 4.69) is 249 Å². The Balaban J connectivity index is 0.828. The van der Waals surface area contributed by atoms with Crippen molar-refractivity contribution in [1.29, 1.82) is 0 Å². The van der Waals surface area contributed by atoms with Crippen LogP contribution in [0.25, 0.3) is 82.3 Å². The van der Waals surface area contributed by atoms with Crippen LogP contribution in [0.5, 0.6) is 0 Å². The fourth-order valence-electron chi connectivity index (χ4n) is 8.40. The summed E-state index contributed by atoms with van der Waals surface area (Å²) >= 11 is 0. The van der Waals surface area contributed by atoms with Gasteiger partial charge < -0.3 is 13.7 Å². The first-order chi connectivity index (χ1) is 35.4. The molecule has 2 heterocycles. The van der Waals surface area contributed by atoms with E-state index in [-0.39, 0.29) is 10.8 Å². The number of rotatable bonds is 13. The number of aromatic nitrogens is 4. The van der Waals surface area contributed by atoms with Crippen LogP contribution < -0.4 is 4.90 Å². The average molecular weight is 952 g/mol. The van der Waals surface area contributed by atoms with Gasteiger partial charge in [-0.25, -0.2) is 0 Å². The molecule has 0 saturated heterocycles. The molecule has 0 saturated carbocycles. The molecule has 0 aliphatic heterocycles. The molecule has 0 bridgehead atoms. The van der Waals surface area contributed by atoms with Crippen LogP contribution in [0.4, 0.5) is 17.1 Å². The van der Waals surface area contributed by atoms with E-state index in [4.69, 9.17) is 8.83 Å². The van der Waals surface area contributed by atoms with Crippen molar-refractivity contribution in [1.82, 2.24) is 20.4 Å². The SMILES string of the molecule is CC(C)(C)c1ccc(-c2nnc(-c3ccc(/C=C/c4ccc(N(c5ccc(/C=C/c6ccccc6)cc5)c5ccc(/C=C/c6ccc(-c7nnc(-c8ccc(C(C)(C)C)cc8)o7)cc6)cc5)cc4)cc3)o2)cc1. The summed E-state index contributed by atoms with van der Waals surface area (Å²) in [5.74, 6) is 2.00. The van der Waals surface area contributed by atoms with Gasteiger partial charge in [-0.3, -0.25) is 0 Å². The lowest BCUT2D eigenvalue weighted by Gasteiger charge is -2.26. The van der Waals surface area contributed by atoms with Crippen molar-refractivity contribution in [3.05, 3.63) is 245 Å². The third-order valence-electron chi connectivity index (χ3n) is 12.8. The lowest BCUT2D eigenvalue weighted by molar-refractivity contribution is 0.582. The standard InChI is InChI=1S/C66H57N5O2/c1-65(2,3)56-36-32-54(33-37-56)63-69-67-61(72-63)52-28-18-47(19-29-52)14-16-50-24-42-59(43-25-50)71(58-40-22-49(23-41-58)13-12-46-10-8-7-9-11-46)60-44-26-51(27-45-60)17-15-48-20-30-53(31-21-48)62-68-70-64(73-62)55-34-38-57(39-35-55)66(4,5)6/h7-45H,1-6H3/b13-12+,16-14+,17-15+. The molecule has 7 heteroatoms. The van der Waals surface area contributed by atoms with Crippen LogP contribution in [-0.2, 0) is 10.8 Å². The fourth-order valence-corrected chi connectivity index (χ4v) is 8.40. The maximum absolute atomic E-state index is 6.09. The van der Waals surface area contributed by atoms with Gasteiger partial charge in [0.1, 0.15) is 0 Å². The summed E-state index contributed by atoms with van der Waals surface area (Å²) in [5, 5.41) is 17.3. The third kappa shape index (κ3) is 11.6. The van der Waals surface area contributed by atoms with E-state index in [1.54, 1.807) is 0 Å². The molecule has 0 radical (unpaired) electrons. The second-order valence-electron chi connectivity index (χ2n) is 20.2. The molecule has 0 N–H and O–H groups in total. The van der Waals surface area contributed by atoms with Crippen molar-refractivity contribution in [2.24, 2.45) is 0 Å². The van der Waals surface area contributed by atoms with Crippen molar-refractivity contribution in [3.63, 3.8) is 0 Å². The predicted octanol–water partition coefficient (Wildman–Crippen LogP) is 17.7. The minimum Gasteiger partial charge on any atom is -0.416 e. The molecule has 8 aromatic carbocycles. The van der Waals surface area contributed by atoms with Crippen LogP contribution in [0.1, 0.15) is 86.1 Å². The van der Waals surface area contributed by atoms with Crippen LogP contribution in [0, 0.1) is 0 Å². The number of hydrogen-bond donors (Lipinski definition) is 0. The quantitative estimate of drug-likeness (QED) is 0.107. The second-order valence-corrected chi connectivity index (χ2v) is 20.2. The van der Waals surface area contributed by atoms with Gasteiger partial charge in [-0.15, -0.1) is 20.4 Å². The maximum Gasteiger partial charge on any atom is 0.248 e. The summed E-state index contributed by atoms with van der Waals surface area (Å²) in [4.78, 5) is 2.29. The maximum atomic E-state index is 6.09. The van der Waals surface area contributed by atoms with E-state index in [1.807, 2.05) is 54.6 Å². The zero-order valence-corrected chi connectivity index (χ0v) is 42.1. The smallest absolute Gasteiger partial charge is 0.248 e. The van der Waals surface area contributed by atoms with Crippen molar-refractivity contribution in [2.75, 3.05) is 4.90 Å². The molecule has 0 aliphatic carbocycles. The minimum absolute atomic E-state index is 0.0755. The average Bonchev–Trinajstić information content (AvgIpc) is 4.13. The summed E-state index contributed by atoms with van der Waals surface area (Å²) in [7, 11) is 0. The molecule has 0 fully saturated rings. The molecule has 10 rings (SSSR count). The van der Waals surface area contributed by atoms with E-state index in [9.17, 15) is 0 Å². The van der Waals surface area contributed by atoms with Gasteiger partial charge in [0.2, 0.25) is 23.6 Å². The predicted molar refractivity (Wildman–Crippen MR) is 302 cm³/mol. The summed E-state index contributed by atoms with van der Waals surface area (Å²) < 4.78 is 12.2. The van der Waals surface area contributed by atoms with Gasteiger partial charge in [-0.1, -0.05) is 193 Å². The molecule has 0 unspecified atom stereocenters. The summed E-state index contributed by atoms with van der Waals surface area (Å²) in [6.07, 6.45) is 12.8. The normalized spacial score (nSPS) is 12.1. The fraction of sp³-hybridized carbons (Fsp3) is 0.121. The highest BCUT2D eigenvalue weighted by Crippen LogP contribution is 2.36. The number of hydrogen-bond acceptors (Lipinski definition) is 7. The van der Waals surface area contributed by atoms with Crippen molar-refractivity contribution >= 4 is 53.5 Å². The Morgan fingerprint density at radius 1 is 0.288 bits per heavy atom. The van der Waals surface area contributed by atoms with Crippen LogP contribution in [-0.4, -0.2) is 20.4 Å². The zero-order valence-electron chi connectivity index (χ0n) is 42.1. The molecule has 0 amide bonds. The lowest BCUT2D eigenvalue weighted by atomic mass is 9.87. The molecule has 0 spiro atoms. The monoisotopic (exact) mass is 951 g/mol. The van der Waals surface area contributed by atoms with Gasteiger partial charge in [-0.05, 0) is 140 Å². The van der Waals surface area contributed by atoms with Crippen molar-refractivity contribution in [3.8, 4) is 45.8 Å². The number of benzene rings is 8. The van der Waals surface area contributed by atoms with Crippen LogP contribution >= 0.6 is 0 Å². The lowest BCUT2D eigenvalue weighted by Crippen LogP contribution is -2.10.